The predicted octanol–water partition coefficient (Wildman–Crippen LogP) is 6.04. The van der Waals surface area contributed by atoms with Crippen LogP contribution in [0.5, 0.6) is 5.75 Å². The van der Waals surface area contributed by atoms with E-state index in [0.717, 1.165) is 18.4 Å². The van der Waals surface area contributed by atoms with Crippen molar-refractivity contribution in [3.8, 4) is 5.75 Å². The van der Waals surface area contributed by atoms with Gasteiger partial charge in [0, 0.05) is 35.1 Å². The maximum Gasteiger partial charge on any atom is 0.262 e. The van der Waals surface area contributed by atoms with E-state index >= 15 is 0 Å². The van der Waals surface area contributed by atoms with Crippen molar-refractivity contribution in [3.63, 3.8) is 0 Å². The van der Waals surface area contributed by atoms with Crippen LogP contribution in [0, 0.1) is 0 Å². The lowest BCUT2D eigenvalue weighted by atomic mass is 10.1. The number of rotatable bonds is 7. The number of hydrogen-bond donors (Lipinski definition) is 3. The molecule has 0 spiro atoms. The van der Waals surface area contributed by atoms with Gasteiger partial charge in [0.1, 0.15) is 5.75 Å². The molecule has 2 aliphatic rings. The molecule has 3 amide bonds. The van der Waals surface area contributed by atoms with Crippen LogP contribution in [0.1, 0.15) is 53.0 Å². The molecule has 0 atom stereocenters. The van der Waals surface area contributed by atoms with Gasteiger partial charge in [-0.3, -0.25) is 14.4 Å². The molecule has 0 unspecified atom stereocenters. The van der Waals surface area contributed by atoms with Gasteiger partial charge in [0.2, 0.25) is 0 Å². The molecule has 208 valence electrons. The summed E-state index contributed by atoms with van der Waals surface area (Å²) >= 11 is 0. The minimum absolute atomic E-state index is 0.0603. The second kappa shape index (κ2) is 14.3. The van der Waals surface area contributed by atoms with Crippen molar-refractivity contribution in [2.45, 2.75) is 39.3 Å². The van der Waals surface area contributed by atoms with E-state index in [1.165, 1.54) is 0 Å². The van der Waals surface area contributed by atoms with E-state index in [9.17, 15) is 14.4 Å². The van der Waals surface area contributed by atoms with Crippen LogP contribution >= 0.6 is 0 Å². The Balaban J connectivity index is 0.000000677. The van der Waals surface area contributed by atoms with Crippen molar-refractivity contribution in [3.05, 3.63) is 109 Å². The van der Waals surface area contributed by atoms with Crippen LogP contribution in [0.2, 0.25) is 0 Å². The molecule has 1 fully saturated rings. The Morgan fingerprint density at radius 1 is 1.00 bits per heavy atom. The van der Waals surface area contributed by atoms with E-state index in [2.05, 4.69) is 23.8 Å². The number of nitrogens with one attached hydrogen (secondary N) is 2. The predicted molar refractivity (Wildman–Crippen MR) is 160 cm³/mol. The quantitative estimate of drug-likeness (QED) is 0.250. The molecule has 8 heteroatoms. The molecule has 0 bridgehead atoms. The van der Waals surface area contributed by atoms with E-state index < -0.39 is 0 Å². The first-order valence-corrected chi connectivity index (χ1v) is 13.2. The summed E-state index contributed by atoms with van der Waals surface area (Å²) in [6, 6.07) is 19.5. The molecule has 4 N–H and O–H groups in total. The molecule has 8 nitrogen and oxygen atoms in total. The highest BCUT2D eigenvalue weighted by atomic mass is 16.5. The average Bonchev–Trinajstić information content (AvgIpc) is 3.83. The molecular weight excluding hydrogens is 504 g/mol. The van der Waals surface area contributed by atoms with Crippen molar-refractivity contribution >= 4 is 34.8 Å². The van der Waals surface area contributed by atoms with Gasteiger partial charge >= 0.3 is 0 Å². The van der Waals surface area contributed by atoms with Crippen LogP contribution in [0.25, 0.3) is 0 Å². The largest absolute Gasteiger partial charge is 0.482 e. The fourth-order valence-corrected chi connectivity index (χ4v) is 3.85. The topological polar surface area (TPSA) is 114 Å². The van der Waals surface area contributed by atoms with E-state index in [-0.39, 0.29) is 30.4 Å². The monoisotopic (exact) mass is 540 g/mol. The number of ether oxygens (including phenoxy) is 1. The molecule has 1 aliphatic heterocycles. The summed E-state index contributed by atoms with van der Waals surface area (Å²) in [5.74, 6) is -0.0157. The molecule has 3 aromatic carbocycles. The second-order valence-electron chi connectivity index (χ2n) is 8.96. The number of carbonyl (C=O) groups is 3. The van der Waals surface area contributed by atoms with E-state index in [4.69, 9.17) is 10.5 Å². The van der Waals surface area contributed by atoms with Crippen LogP contribution < -0.4 is 21.1 Å². The van der Waals surface area contributed by atoms with Gasteiger partial charge in [-0.05, 0) is 73.0 Å². The van der Waals surface area contributed by atoms with Gasteiger partial charge in [0.05, 0.1) is 5.69 Å². The lowest BCUT2D eigenvalue weighted by Gasteiger charge is -2.24. The lowest BCUT2D eigenvalue weighted by molar-refractivity contribution is -0.118. The van der Waals surface area contributed by atoms with Gasteiger partial charge in [0.15, 0.2) is 6.61 Å². The number of benzene rings is 3. The van der Waals surface area contributed by atoms with Crippen molar-refractivity contribution in [2.75, 3.05) is 23.0 Å². The summed E-state index contributed by atoms with van der Waals surface area (Å²) in [5, 5.41) is 5.58. The molecule has 0 aromatic heterocycles. The summed E-state index contributed by atoms with van der Waals surface area (Å²) in [6.07, 6.45) is 5.20. The highest BCUT2D eigenvalue weighted by molar-refractivity contribution is 6.04. The third kappa shape index (κ3) is 8.07. The zero-order valence-electron chi connectivity index (χ0n) is 23.0. The first-order valence-electron chi connectivity index (χ1n) is 13.2. The van der Waals surface area contributed by atoms with Gasteiger partial charge in [-0.1, -0.05) is 51.3 Å². The van der Waals surface area contributed by atoms with E-state index in [1.54, 1.807) is 66.7 Å². The molecule has 1 heterocycles. The molecule has 3 aromatic rings. The summed E-state index contributed by atoms with van der Waals surface area (Å²) < 4.78 is 5.46. The van der Waals surface area contributed by atoms with Crippen molar-refractivity contribution in [1.29, 1.82) is 0 Å². The fraction of sp³-hybridized carbons (Fsp3) is 0.219. The molecule has 40 heavy (non-hydrogen) atoms. The van der Waals surface area contributed by atoms with E-state index in [0.29, 0.717) is 40.5 Å². The molecule has 1 aliphatic carbocycles. The standard InChI is InChI=1S/C26H24N4O4.C4H6.C2H6/c27-19-6-8-20(9-7-19)28-25(32)17-3-1-16(2-4-17)14-30(21-10-11-21)26(33)18-5-12-22-23(13-18)34-15-24(31)29-22;1-3-4-2;1-2/h1-9,12-13,21H,10-11,14-15,27H2,(H,28,32)(H,29,31);3-4H,1-2H2;1-2H3. The minimum atomic E-state index is -0.215. The summed E-state index contributed by atoms with van der Waals surface area (Å²) in [6.45, 7) is 11.1. The average molecular weight is 541 g/mol. The number of nitrogens with two attached hydrogens (primary N) is 1. The van der Waals surface area contributed by atoms with Crippen molar-refractivity contribution in [1.82, 2.24) is 4.90 Å². The third-order valence-corrected chi connectivity index (χ3v) is 6.01. The maximum absolute atomic E-state index is 13.3. The smallest absolute Gasteiger partial charge is 0.262 e. The van der Waals surface area contributed by atoms with Gasteiger partial charge < -0.3 is 26.0 Å². The van der Waals surface area contributed by atoms with Crippen LogP contribution in [0.3, 0.4) is 0 Å². The van der Waals surface area contributed by atoms with Gasteiger partial charge in [-0.2, -0.15) is 0 Å². The Morgan fingerprint density at radius 2 is 1.62 bits per heavy atom. The molecule has 1 saturated carbocycles. The van der Waals surface area contributed by atoms with Crippen LogP contribution in [-0.4, -0.2) is 35.3 Å². The summed E-state index contributed by atoms with van der Waals surface area (Å²) in [4.78, 5) is 39.2. The minimum Gasteiger partial charge on any atom is -0.482 e. The zero-order chi connectivity index (χ0) is 29.1. The van der Waals surface area contributed by atoms with Gasteiger partial charge in [-0.15, -0.1) is 0 Å². The number of amides is 3. The Morgan fingerprint density at radius 3 is 2.23 bits per heavy atom. The Bertz CT molecular complexity index is 1340. The molecular formula is C32H36N4O4. The van der Waals surface area contributed by atoms with E-state index in [1.807, 2.05) is 30.9 Å². The van der Waals surface area contributed by atoms with Gasteiger partial charge in [-0.25, -0.2) is 0 Å². The van der Waals surface area contributed by atoms with Crippen LogP contribution in [0.4, 0.5) is 17.1 Å². The summed E-state index contributed by atoms with van der Waals surface area (Å²) in [7, 11) is 0. The first kappa shape index (κ1) is 29.7. The highest BCUT2D eigenvalue weighted by Gasteiger charge is 2.33. The Hall–Kier alpha value is -4.85. The van der Waals surface area contributed by atoms with Crippen molar-refractivity contribution in [2.24, 2.45) is 0 Å². The Labute approximate surface area is 235 Å². The second-order valence-corrected chi connectivity index (χ2v) is 8.96. The van der Waals surface area contributed by atoms with Gasteiger partial charge in [0.25, 0.3) is 17.7 Å². The normalized spacial score (nSPS) is 12.9. The lowest BCUT2D eigenvalue weighted by Crippen LogP contribution is -2.33. The molecule has 5 rings (SSSR count). The number of anilines is 3. The maximum atomic E-state index is 13.3. The zero-order valence-corrected chi connectivity index (χ0v) is 23.0. The highest BCUT2D eigenvalue weighted by Crippen LogP contribution is 2.33. The molecule has 0 radical (unpaired) electrons. The number of carbonyl (C=O) groups excluding carboxylic acids is 3. The first-order chi connectivity index (χ1) is 19.4. The third-order valence-electron chi connectivity index (χ3n) is 6.01. The number of fused-ring (bicyclic) bond motifs is 1. The van der Waals surface area contributed by atoms with Crippen molar-refractivity contribution < 1.29 is 19.1 Å². The number of nitrogen functional groups attached to an aromatic ring is 1. The van der Waals surface area contributed by atoms with Crippen LogP contribution in [-0.2, 0) is 11.3 Å². The SMILES string of the molecule is C=CC=C.CC.Nc1ccc(NC(=O)c2ccc(CN(C(=O)c3ccc4c(c3)OCC(=O)N4)C3CC3)cc2)cc1. The number of allylic oxidation sites excluding steroid dienone is 2. The summed E-state index contributed by atoms with van der Waals surface area (Å²) in [5.41, 5.74) is 9.53. The molecule has 0 saturated heterocycles. The van der Waals surface area contributed by atoms with Crippen LogP contribution in [0.15, 0.2) is 92.0 Å². The Kier molecular flexibility index (Phi) is 10.7. The fourth-order valence-electron chi connectivity index (χ4n) is 3.85. The number of hydrogen-bond acceptors (Lipinski definition) is 5. The number of nitrogens with zero attached hydrogens (tertiary/aromatic N) is 1.